The van der Waals surface area contributed by atoms with Crippen LogP contribution in [0, 0.1) is 0 Å². The van der Waals surface area contributed by atoms with E-state index < -0.39 is 23.6 Å². The molecule has 1 heterocycles. The number of nitrogens with zero attached hydrogens (tertiary/aromatic N) is 4. The maximum Gasteiger partial charge on any atom is 0.312 e. The molecule has 48 heavy (non-hydrogen) atoms. The molecule has 0 spiro atoms. The molecule has 0 bridgehead atoms. The summed E-state index contributed by atoms with van der Waals surface area (Å²) in [6.07, 6.45) is 0. The standard InChI is InChI=1S/C40H40N4O4/c1-31-23-41(27-33-15-7-3-8-16-33)37(45)39(47)43(29-35-19-11-5-12-20-35)25-32(2)26-44(30-36-21-13-6-14-22-36)40(48)38(46)42(24-31)28-34-17-9-4-10-18-34/h3-22H,1-2,23-30H2. The monoisotopic (exact) mass is 640 g/mol. The third kappa shape index (κ3) is 9.16. The minimum atomic E-state index is -0.682. The van der Waals surface area contributed by atoms with E-state index in [9.17, 15) is 19.2 Å². The molecule has 4 amide bonds. The van der Waals surface area contributed by atoms with E-state index in [-0.39, 0.29) is 52.4 Å². The molecule has 0 aliphatic carbocycles. The quantitative estimate of drug-likeness (QED) is 0.195. The molecule has 0 atom stereocenters. The Morgan fingerprint density at radius 2 is 0.542 bits per heavy atom. The highest BCUT2D eigenvalue weighted by molar-refractivity contribution is 6.35. The minimum Gasteiger partial charge on any atom is -0.326 e. The maximum atomic E-state index is 14.1. The molecule has 244 valence electrons. The summed E-state index contributed by atoms with van der Waals surface area (Å²) in [6, 6.07) is 37.7. The van der Waals surface area contributed by atoms with Gasteiger partial charge in [-0.2, -0.15) is 0 Å². The summed E-state index contributed by atoms with van der Waals surface area (Å²) in [6.45, 7) is 9.17. The average Bonchev–Trinajstić information content (AvgIpc) is 3.10. The summed E-state index contributed by atoms with van der Waals surface area (Å²) in [5, 5.41) is 0. The molecular weight excluding hydrogens is 600 g/mol. The van der Waals surface area contributed by atoms with Gasteiger partial charge in [-0.25, -0.2) is 0 Å². The first kappa shape index (κ1) is 33.6. The molecule has 0 saturated carbocycles. The Balaban J connectivity index is 1.52. The molecule has 8 nitrogen and oxygen atoms in total. The predicted molar refractivity (Wildman–Crippen MR) is 186 cm³/mol. The summed E-state index contributed by atoms with van der Waals surface area (Å²) < 4.78 is 0. The molecule has 0 radical (unpaired) electrons. The molecule has 0 unspecified atom stereocenters. The van der Waals surface area contributed by atoms with Gasteiger partial charge in [0.2, 0.25) is 0 Å². The Morgan fingerprint density at radius 3 is 0.729 bits per heavy atom. The molecular formula is C40H40N4O4. The van der Waals surface area contributed by atoms with Gasteiger partial charge in [-0.1, -0.05) is 134 Å². The highest BCUT2D eigenvalue weighted by atomic mass is 16.2. The lowest BCUT2D eigenvalue weighted by atomic mass is 10.1. The average molecular weight is 641 g/mol. The van der Waals surface area contributed by atoms with Gasteiger partial charge in [-0.05, 0) is 33.4 Å². The maximum absolute atomic E-state index is 14.1. The fraction of sp³-hybridized carbons (Fsp3) is 0.200. The number of benzene rings is 4. The van der Waals surface area contributed by atoms with E-state index in [2.05, 4.69) is 13.2 Å². The Hall–Kier alpha value is -5.76. The highest BCUT2D eigenvalue weighted by Gasteiger charge is 2.32. The molecule has 4 aromatic carbocycles. The van der Waals surface area contributed by atoms with Crippen LogP contribution in [0.3, 0.4) is 0 Å². The van der Waals surface area contributed by atoms with Gasteiger partial charge >= 0.3 is 23.6 Å². The van der Waals surface area contributed by atoms with Crippen LogP contribution in [0.5, 0.6) is 0 Å². The fourth-order valence-electron chi connectivity index (χ4n) is 5.73. The van der Waals surface area contributed by atoms with Crippen molar-refractivity contribution >= 4 is 23.6 Å². The van der Waals surface area contributed by atoms with Gasteiger partial charge in [0.1, 0.15) is 0 Å². The van der Waals surface area contributed by atoms with Crippen LogP contribution in [0.2, 0.25) is 0 Å². The van der Waals surface area contributed by atoms with Crippen molar-refractivity contribution in [2.75, 3.05) is 26.2 Å². The number of amides is 4. The molecule has 1 aliphatic heterocycles. The number of carbonyl (C=O) groups is 4. The van der Waals surface area contributed by atoms with E-state index in [1.54, 1.807) is 0 Å². The summed E-state index contributed by atoms with van der Waals surface area (Å²) in [4.78, 5) is 62.2. The van der Waals surface area contributed by atoms with Gasteiger partial charge in [-0.15, -0.1) is 0 Å². The van der Waals surface area contributed by atoms with Crippen molar-refractivity contribution in [3.63, 3.8) is 0 Å². The highest BCUT2D eigenvalue weighted by Crippen LogP contribution is 2.17. The normalized spacial score (nSPS) is 15.6. The molecule has 1 aliphatic rings. The van der Waals surface area contributed by atoms with Crippen LogP contribution in [0.15, 0.2) is 146 Å². The van der Waals surface area contributed by atoms with Gasteiger partial charge in [-0.3, -0.25) is 19.2 Å². The van der Waals surface area contributed by atoms with Gasteiger partial charge < -0.3 is 19.6 Å². The summed E-state index contributed by atoms with van der Waals surface area (Å²) in [5.74, 6) is -2.73. The Labute approximate surface area is 282 Å². The first-order valence-corrected chi connectivity index (χ1v) is 15.9. The molecule has 0 aromatic heterocycles. The Bertz CT molecular complexity index is 1490. The van der Waals surface area contributed by atoms with E-state index in [1.165, 1.54) is 19.6 Å². The van der Waals surface area contributed by atoms with Crippen LogP contribution in [-0.2, 0) is 45.4 Å². The van der Waals surface area contributed by atoms with Crippen molar-refractivity contribution in [3.05, 3.63) is 168 Å². The second-order valence-corrected chi connectivity index (χ2v) is 12.1. The van der Waals surface area contributed by atoms with Gasteiger partial charge in [0, 0.05) is 52.4 Å². The number of rotatable bonds is 8. The second-order valence-electron chi connectivity index (χ2n) is 12.1. The SMILES string of the molecule is C=C1CN(Cc2ccccc2)C(=O)C(=O)N(Cc2ccccc2)CC(=C)CN(Cc2ccccc2)C(=O)C(=O)N(Cc2ccccc2)C1. The summed E-state index contributed by atoms with van der Waals surface area (Å²) in [5.41, 5.74) is 4.39. The van der Waals surface area contributed by atoms with Crippen LogP contribution in [0.4, 0.5) is 0 Å². The number of hydrogen-bond donors (Lipinski definition) is 0. The molecule has 5 rings (SSSR count). The molecule has 0 N–H and O–H groups in total. The van der Waals surface area contributed by atoms with Crippen LogP contribution in [0.1, 0.15) is 22.3 Å². The van der Waals surface area contributed by atoms with Crippen molar-refractivity contribution in [1.29, 1.82) is 0 Å². The van der Waals surface area contributed by atoms with E-state index in [1.807, 2.05) is 121 Å². The van der Waals surface area contributed by atoms with E-state index in [4.69, 9.17) is 0 Å². The second kappa shape index (κ2) is 16.2. The van der Waals surface area contributed by atoms with Crippen molar-refractivity contribution in [2.24, 2.45) is 0 Å². The van der Waals surface area contributed by atoms with Gasteiger partial charge in [0.25, 0.3) is 0 Å². The molecule has 8 heteroatoms. The van der Waals surface area contributed by atoms with E-state index in [0.717, 1.165) is 22.3 Å². The largest absolute Gasteiger partial charge is 0.326 e. The molecule has 1 saturated heterocycles. The lowest BCUT2D eigenvalue weighted by Gasteiger charge is -2.33. The smallest absolute Gasteiger partial charge is 0.312 e. The number of hydrogen-bond acceptors (Lipinski definition) is 4. The Morgan fingerprint density at radius 1 is 0.354 bits per heavy atom. The Kier molecular flexibility index (Phi) is 11.3. The third-order valence-electron chi connectivity index (χ3n) is 8.04. The van der Waals surface area contributed by atoms with Crippen LogP contribution >= 0.6 is 0 Å². The predicted octanol–water partition coefficient (Wildman–Crippen LogP) is 5.23. The summed E-state index contributed by atoms with van der Waals surface area (Å²) in [7, 11) is 0. The molecule has 4 aromatic rings. The van der Waals surface area contributed by atoms with Crippen molar-refractivity contribution < 1.29 is 19.2 Å². The first-order chi connectivity index (χ1) is 23.3. The third-order valence-corrected chi connectivity index (χ3v) is 8.04. The van der Waals surface area contributed by atoms with Crippen LogP contribution < -0.4 is 0 Å². The van der Waals surface area contributed by atoms with Crippen molar-refractivity contribution in [3.8, 4) is 0 Å². The van der Waals surface area contributed by atoms with Crippen LogP contribution in [0.25, 0.3) is 0 Å². The lowest BCUT2D eigenvalue weighted by Crippen LogP contribution is -2.50. The first-order valence-electron chi connectivity index (χ1n) is 15.9. The van der Waals surface area contributed by atoms with Gasteiger partial charge in [0.05, 0.1) is 0 Å². The van der Waals surface area contributed by atoms with E-state index in [0.29, 0.717) is 11.1 Å². The van der Waals surface area contributed by atoms with Gasteiger partial charge in [0.15, 0.2) is 0 Å². The van der Waals surface area contributed by atoms with Crippen molar-refractivity contribution in [1.82, 2.24) is 19.6 Å². The van der Waals surface area contributed by atoms with Crippen molar-refractivity contribution in [2.45, 2.75) is 26.2 Å². The van der Waals surface area contributed by atoms with Crippen LogP contribution in [-0.4, -0.2) is 69.4 Å². The zero-order valence-electron chi connectivity index (χ0n) is 27.0. The number of carbonyl (C=O) groups excluding carboxylic acids is 4. The van der Waals surface area contributed by atoms with E-state index >= 15 is 0 Å². The fourth-order valence-corrected chi connectivity index (χ4v) is 5.73. The summed E-state index contributed by atoms with van der Waals surface area (Å²) >= 11 is 0. The minimum absolute atomic E-state index is 0.0140. The molecule has 1 fully saturated rings. The topological polar surface area (TPSA) is 81.2 Å². The lowest BCUT2D eigenvalue weighted by molar-refractivity contribution is -0.153. The zero-order chi connectivity index (χ0) is 33.9. The zero-order valence-corrected chi connectivity index (χ0v) is 27.0.